The van der Waals surface area contributed by atoms with Crippen LogP contribution in [0.4, 0.5) is 17.1 Å². The van der Waals surface area contributed by atoms with Crippen LogP contribution in [0.25, 0.3) is 0 Å². The van der Waals surface area contributed by atoms with E-state index in [9.17, 15) is 0 Å². The number of hydrogen-bond acceptors (Lipinski definition) is 4. The van der Waals surface area contributed by atoms with Crippen molar-refractivity contribution in [3.8, 4) is 0 Å². The smallest absolute Gasteiger partial charge is 0.0891 e. The molecule has 3 aromatic carbocycles. The molecule has 5 heteroatoms. The largest absolute Gasteiger partial charge is 0.131 e. The van der Waals surface area contributed by atoms with Gasteiger partial charge in [-0.15, -0.1) is 15.3 Å². The molecule has 0 saturated heterocycles. The first-order chi connectivity index (χ1) is 13.7. The number of para-hydroxylation sites is 1. The van der Waals surface area contributed by atoms with Crippen molar-refractivity contribution in [1.82, 2.24) is 0 Å². The third kappa shape index (κ3) is 5.84. The maximum atomic E-state index is 4.33. The summed E-state index contributed by atoms with van der Waals surface area (Å²) < 4.78 is 0. The summed E-state index contributed by atoms with van der Waals surface area (Å²) in [6.07, 6.45) is 2.26. The average molecular weight is 371 g/mol. The fourth-order valence-electron chi connectivity index (χ4n) is 2.61. The highest BCUT2D eigenvalue weighted by molar-refractivity contribution is 5.45. The van der Waals surface area contributed by atoms with Crippen LogP contribution in [-0.2, 0) is 6.42 Å². The van der Waals surface area contributed by atoms with E-state index in [4.69, 9.17) is 0 Å². The Morgan fingerprint density at radius 2 is 1.25 bits per heavy atom. The monoisotopic (exact) mass is 371 g/mol. The van der Waals surface area contributed by atoms with E-state index in [-0.39, 0.29) is 0 Å². The van der Waals surface area contributed by atoms with Crippen molar-refractivity contribution >= 4 is 17.1 Å². The molecule has 5 nitrogen and oxygen atoms in total. The summed E-state index contributed by atoms with van der Waals surface area (Å²) in [5.41, 5.74) is 3.65. The van der Waals surface area contributed by atoms with Gasteiger partial charge in [0.05, 0.1) is 17.1 Å². The maximum Gasteiger partial charge on any atom is 0.0891 e. The number of benzene rings is 3. The van der Waals surface area contributed by atoms with E-state index < -0.39 is 0 Å². The Morgan fingerprint density at radius 3 is 1.82 bits per heavy atom. The van der Waals surface area contributed by atoms with Crippen LogP contribution >= 0.6 is 0 Å². The Kier molecular flexibility index (Phi) is 7.01. The minimum Gasteiger partial charge on any atom is -0.131 e. The second-order valence-electron chi connectivity index (χ2n) is 6.72. The zero-order valence-corrected chi connectivity index (χ0v) is 16.3. The molecule has 0 aliphatic carbocycles. The van der Waals surface area contributed by atoms with Crippen molar-refractivity contribution in [2.45, 2.75) is 26.7 Å². The molecule has 0 fully saturated rings. The van der Waals surface area contributed by atoms with Gasteiger partial charge in [0.2, 0.25) is 0 Å². The van der Waals surface area contributed by atoms with Crippen LogP contribution in [0.3, 0.4) is 0 Å². The lowest BCUT2D eigenvalue weighted by Crippen LogP contribution is -2.05. The summed E-state index contributed by atoms with van der Waals surface area (Å²) in [6, 6.07) is 27.4. The van der Waals surface area contributed by atoms with Gasteiger partial charge in [0.25, 0.3) is 0 Å². The topological polar surface area (TPSA) is 52.7 Å². The van der Waals surface area contributed by atoms with Gasteiger partial charge in [-0.3, -0.25) is 0 Å². The molecule has 0 radical (unpaired) electrons. The van der Waals surface area contributed by atoms with Gasteiger partial charge in [0, 0.05) is 0 Å². The van der Waals surface area contributed by atoms with E-state index in [1.807, 2.05) is 72.8 Å². The fourth-order valence-corrected chi connectivity index (χ4v) is 2.61. The average Bonchev–Trinajstić information content (AvgIpc) is 2.76. The molecule has 1 atom stereocenters. The van der Waals surface area contributed by atoms with Crippen LogP contribution in [0, 0.1) is 5.92 Å². The normalized spacial score (nSPS) is 12.5. The molecule has 142 valence electrons. The summed E-state index contributed by atoms with van der Waals surface area (Å²) in [7, 11) is 0. The van der Waals surface area contributed by atoms with Crippen LogP contribution in [0.5, 0.6) is 0 Å². The Labute approximate surface area is 166 Å². The molecule has 0 aromatic heterocycles. The van der Waals surface area contributed by atoms with Crippen LogP contribution in [-0.4, -0.2) is 0 Å². The van der Waals surface area contributed by atoms with Crippen molar-refractivity contribution in [3.05, 3.63) is 90.5 Å². The third-order valence-electron chi connectivity index (χ3n) is 4.45. The molecule has 0 aliphatic heterocycles. The van der Waals surface area contributed by atoms with Gasteiger partial charge >= 0.3 is 0 Å². The van der Waals surface area contributed by atoms with Gasteiger partial charge in [0.1, 0.15) is 0 Å². The van der Waals surface area contributed by atoms with E-state index in [1.54, 1.807) is 0 Å². The van der Waals surface area contributed by atoms with Gasteiger partial charge in [-0.05, 0) is 64.7 Å². The highest BCUT2D eigenvalue weighted by atomic mass is 15.7. The Morgan fingerprint density at radius 1 is 0.714 bits per heavy atom. The minimum atomic E-state index is 0.680. The summed E-state index contributed by atoms with van der Waals surface area (Å²) in [5.74, 6) is 0.680. The highest BCUT2D eigenvalue weighted by Gasteiger charge is 2.04. The number of rotatable bonds is 8. The van der Waals surface area contributed by atoms with Crippen LogP contribution in [0.1, 0.15) is 25.8 Å². The van der Waals surface area contributed by atoms with Gasteiger partial charge in [0.15, 0.2) is 0 Å². The molecule has 0 bridgehead atoms. The van der Waals surface area contributed by atoms with E-state index >= 15 is 0 Å². The summed E-state index contributed by atoms with van der Waals surface area (Å²) >= 11 is 0. The number of nitrogens with zero attached hydrogens (tertiary/aromatic N) is 5. The van der Waals surface area contributed by atoms with E-state index in [1.165, 1.54) is 17.1 Å². The van der Waals surface area contributed by atoms with Crippen molar-refractivity contribution in [3.63, 3.8) is 0 Å². The molecule has 0 spiro atoms. The number of hydrogen-bond donors (Lipinski definition) is 0. The predicted octanol–water partition coefficient (Wildman–Crippen LogP) is 7.48. The molecular weight excluding hydrogens is 346 g/mol. The van der Waals surface area contributed by atoms with E-state index in [0.29, 0.717) is 5.92 Å². The predicted molar refractivity (Wildman–Crippen MR) is 114 cm³/mol. The second-order valence-corrected chi connectivity index (χ2v) is 6.72. The SMILES string of the molecule is CCC(C)Cc1ccc(N=NN(N=Nc2ccccc2)c2ccccc2)cc1. The third-order valence-corrected chi connectivity index (χ3v) is 4.45. The molecule has 1 unspecified atom stereocenters. The Bertz CT molecular complexity index is 889. The Hall–Kier alpha value is -3.34. The highest BCUT2D eigenvalue weighted by Crippen LogP contribution is 2.21. The first-order valence-electron chi connectivity index (χ1n) is 9.57. The molecule has 28 heavy (non-hydrogen) atoms. The zero-order valence-electron chi connectivity index (χ0n) is 16.3. The first kappa shape index (κ1) is 19.4. The molecule has 3 aromatic rings. The molecule has 0 heterocycles. The lowest BCUT2D eigenvalue weighted by atomic mass is 9.99. The van der Waals surface area contributed by atoms with Crippen molar-refractivity contribution in [2.75, 3.05) is 5.12 Å². The minimum absolute atomic E-state index is 0.680. The Balaban J connectivity index is 1.76. The van der Waals surface area contributed by atoms with Gasteiger partial charge in [-0.25, -0.2) is 0 Å². The van der Waals surface area contributed by atoms with Crippen molar-refractivity contribution in [1.29, 1.82) is 0 Å². The summed E-state index contributed by atoms with van der Waals surface area (Å²) in [5, 5.41) is 18.5. The summed E-state index contributed by atoms with van der Waals surface area (Å²) in [4.78, 5) is 0. The lowest BCUT2D eigenvalue weighted by molar-refractivity contribution is 0.560. The van der Waals surface area contributed by atoms with Gasteiger partial charge in [-0.2, -0.15) is 0 Å². The van der Waals surface area contributed by atoms with Gasteiger partial charge in [-0.1, -0.05) is 68.8 Å². The summed E-state index contributed by atoms with van der Waals surface area (Å²) in [6.45, 7) is 4.48. The molecule has 0 N–H and O–H groups in total. The molecule has 0 aliphatic rings. The molecule has 3 rings (SSSR count). The molecule has 0 amide bonds. The molecular formula is C23H25N5. The standard InChI is InChI=1S/C23H25N5/c1-3-19(2)18-20-14-16-22(17-15-20)25-27-28(23-12-8-5-9-13-23)26-24-21-10-6-4-7-11-21/h4-17,19H,3,18H2,1-2H3. The number of anilines is 1. The van der Waals surface area contributed by atoms with Gasteiger partial charge < -0.3 is 0 Å². The second kappa shape index (κ2) is 10.1. The van der Waals surface area contributed by atoms with Crippen molar-refractivity contribution in [2.24, 2.45) is 26.6 Å². The first-order valence-corrected chi connectivity index (χ1v) is 9.57. The molecule has 0 saturated carbocycles. The quantitative estimate of drug-likeness (QED) is 0.299. The maximum absolute atomic E-state index is 4.33. The van der Waals surface area contributed by atoms with E-state index in [2.05, 4.69) is 46.7 Å². The fraction of sp³-hybridized carbons (Fsp3) is 0.217. The van der Waals surface area contributed by atoms with Crippen LogP contribution in [0.15, 0.2) is 106 Å². The zero-order chi connectivity index (χ0) is 19.6. The van der Waals surface area contributed by atoms with Crippen molar-refractivity contribution < 1.29 is 0 Å². The van der Waals surface area contributed by atoms with Crippen LogP contribution < -0.4 is 5.12 Å². The van der Waals surface area contributed by atoms with Crippen LogP contribution in [0.2, 0.25) is 0 Å². The lowest BCUT2D eigenvalue weighted by Gasteiger charge is -2.10. The van der Waals surface area contributed by atoms with E-state index in [0.717, 1.165) is 23.5 Å².